The Labute approximate surface area is 225 Å². The van der Waals surface area contributed by atoms with Gasteiger partial charge in [-0.15, -0.1) is 11.3 Å². The Hall–Kier alpha value is -3.58. The molecular formula is C26H26F3N5O4S. The number of rotatable bonds is 6. The number of hydrogen-bond donors (Lipinski definition) is 3. The van der Waals surface area contributed by atoms with E-state index in [1.54, 1.807) is 18.3 Å². The van der Waals surface area contributed by atoms with Crippen molar-refractivity contribution >= 4 is 34.8 Å². The minimum absolute atomic E-state index is 0.125. The summed E-state index contributed by atoms with van der Waals surface area (Å²) in [5.41, 5.74) is -0.0174. The standard InChI is InChI=1S/C26H26F3N5O4S/c1-14-10-15(12-17(11-14)33-24-30-9-6-20(34-24)26(27,28)29)19-13-31-23(39-19)25(37)7-4-16(5-8-25)32-22(36)18-2-3-21(35)38-18/h6,9-13,16,18,37H,2-5,7-8H2,1H3,(H,32,36)(H,30,33,34)/t16-,18?,25+. The average Bonchev–Trinajstić information content (AvgIpc) is 3.55. The van der Waals surface area contributed by atoms with Crippen molar-refractivity contribution < 1.29 is 32.6 Å². The number of amides is 1. The number of carbonyl (C=O) groups excluding carboxylic acids is 2. The second-order valence-corrected chi connectivity index (χ2v) is 10.9. The molecule has 13 heteroatoms. The monoisotopic (exact) mass is 561 g/mol. The van der Waals surface area contributed by atoms with Crippen LogP contribution in [-0.2, 0) is 26.1 Å². The number of aliphatic hydroxyl groups is 1. The summed E-state index contributed by atoms with van der Waals surface area (Å²) in [7, 11) is 0. The molecule has 2 aliphatic rings. The number of cyclic esters (lactones) is 1. The van der Waals surface area contributed by atoms with Gasteiger partial charge in [-0.1, -0.05) is 6.07 Å². The molecule has 2 aromatic heterocycles. The summed E-state index contributed by atoms with van der Waals surface area (Å²) in [6.07, 6.45) is -0.0700. The van der Waals surface area contributed by atoms with Crippen LogP contribution in [0.15, 0.2) is 36.7 Å². The van der Waals surface area contributed by atoms with Crippen molar-refractivity contribution in [3.63, 3.8) is 0 Å². The van der Waals surface area contributed by atoms with Crippen LogP contribution in [-0.4, -0.2) is 44.1 Å². The third kappa shape index (κ3) is 6.19. The van der Waals surface area contributed by atoms with Gasteiger partial charge in [0.05, 0.1) is 4.88 Å². The molecule has 3 aromatic rings. The van der Waals surface area contributed by atoms with Crippen molar-refractivity contribution in [2.45, 2.75) is 69.4 Å². The fourth-order valence-electron chi connectivity index (χ4n) is 4.78. The van der Waals surface area contributed by atoms with Gasteiger partial charge in [0.25, 0.3) is 5.91 Å². The largest absolute Gasteiger partial charge is 0.452 e. The van der Waals surface area contributed by atoms with Gasteiger partial charge in [-0.05, 0) is 61.9 Å². The number of ether oxygens (including phenoxy) is 1. The van der Waals surface area contributed by atoms with E-state index in [0.29, 0.717) is 42.8 Å². The van der Waals surface area contributed by atoms with Crippen molar-refractivity contribution in [1.29, 1.82) is 0 Å². The Bertz CT molecular complexity index is 1390. The number of nitrogens with zero attached hydrogens (tertiary/aromatic N) is 3. The Morgan fingerprint density at radius 2 is 1.95 bits per heavy atom. The van der Waals surface area contributed by atoms with E-state index in [1.165, 1.54) is 11.3 Å². The maximum Gasteiger partial charge on any atom is 0.433 e. The Balaban J connectivity index is 1.25. The van der Waals surface area contributed by atoms with E-state index in [9.17, 15) is 27.9 Å². The molecule has 9 nitrogen and oxygen atoms in total. The summed E-state index contributed by atoms with van der Waals surface area (Å²) in [6.45, 7) is 1.86. The Kier molecular flexibility index (Phi) is 7.29. The first-order valence-electron chi connectivity index (χ1n) is 12.5. The maximum atomic E-state index is 13.0. The van der Waals surface area contributed by atoms with Gasteiger partial charge in [0, 0.05) is 37.0 Å². The Morgan fingerprint density at radius 3 is 2.64 bits per heavy atom. The van der Waals surface area contributed by atoms with Gasteiger partial charge in [-0.2, -0.15) is 13.2 Å². The van der Waals surface area contributed by atoms with Crippen LogP contribution < -0.4 is 10.6 Å². The van der Waals surface area contributed by atoms with E-state index in [0.717, 1.165) is 28.3 Å². The molecule has 1 unspecified atom stereocenters. The highest BCUT2D eigenvalue weighted by Crippen LogP contribution is 2.41. The van der Waals surface area contributed by atoms with Gasteiger partial charge < -0.3 is 20.5 Å². The van der Waals surface area contributed by atoms with E-state index >= 15 is 0 Å². The molecule has 1 atom stereocenters. The number of benzene rings is 1. The van der Waals surface area contributed by atoms with Crippen LogP contribution in [0.3, 0.4) is 0 Å². The molecule has 1 aliphatic carbocycles. The molecule has 2 fully saturated rings. The quantitative estimate of drug-likeness (QED) is 0.372. The zero-order valence-corrected chi connectivity index (χ0v) is 21.7. The highest BCUT2D eigenvalue weighted by atomic mass is 32.1. The molecular weight excluding hydrogens is 535 g/mol. The van der Waals surface area contributed by atoms with Gasteiger partial charge in [0.15, 0.2) is 6.10 Å². The number of anilines is 2. The molecule has 1 aromatic carbocycles. The zero-order valence-electron chi connectivity index (χ0n) is 20.9. The van der Waals surface area contributed by atoms with Gasteiger partial charge in [-0.3, -0.25) is 9.59 Å². The van der Waals surface area contributed by atoms with Gasteiger partial charge in [0.1, 0.15) is 16.3 Å². The van der Waals surface area contributed by atoms with E-state index in [4.69, 9.17) is 4.74 Å². The van der Waals surface area contributed by atoms with Gasteiger partial charge in [0.2, 0.25) is 5.95 Å². The predicted octanol–water partition coefficient (Wildman–Crippen LogP) is 4.62. The van der Waals surface area contributed by atoms with Gasteiger partial charge in [-0.25, -0.2) is 15.0 Å². The molecule has 1 aliphatic heterocycles. The number of thiazole rings is 1. The highest BCUT2D eigenvalue weighted by Gasteiger charge is 2.39. The van der Waals surface area contributed by atoms with Crippen LogP contribution in [0.1, 0.15) is 54.8 Å². The lowest BCUT2D eigenvalue weighted by Crippen LogP contribution is -2.45. The summed E-state index contributed by atoms with van der Waals surface area (Å²) in [5.74, 6) is -0.837. The lowest BCUT2D eigenvalue weighted by atomic mass is 9.82. The summed E-state index contributed by atoms with van der Waals surface area (Å²) in [5, 5.41) is 17.7. The van der Waals surface area contributed by atoms with Crippen LogP contribution >= 0.6 is 11.3 Å². The summed E-state index contributed by atoms with van der Waals surface area (Å²) in [6, 6.07) is 6.14. The average molecular weight is 562 g/mol. The van der Waals surface area contributed by atoms with Crippen molar-refractivity contribution in [3.05, 3.63) is 52.9 Å². The molecule has 0 bridgehead atoms. The van der Waals surface area contributed by atoms with Crippen LogP contribution in [0.5, 0.6) is 0 Å². The van der Waals surface area contributed by atoms with E-state index in [2.05, 4.69) is 25.6 Å². The number of aromatic nitrogens is 3. The first-order valence-corrected chi connectivity index (χ1v) is 13.3. The molecule has 1 saturated heterocycles. The first-order chi connectivity index (χ1) is 18.5. The summed E-state index contributed by atoms with van der Waals surface area (Å²) in [4.78, 5) is 36.3. The van der Waals surface area contributed by atoms with Crippen LogP contribution in [0, 0.1) is 6.92 Å². The molecule has 1 saturated carbocycles. The minimum atomic E-state index is -4.58. The number of esters is 1. The van der Waals surface area contributed by atoms with Crippen molar-refractivity contribution in [1.82, 2.24) is 20.3 Å². The molecule has 1 amide bonds. The smallest absolute Gasteiger partial charge is 0.433 e. The van der Waals surface area contributed by atoms with E-state index in [1.807, 2.05) is 13.0 Å². The summed E-state index contributed by atoms with van der Waals surface area (Å²) < 4.78 is 44.1. The molecule has 3 N–H and O–H groups in total. The van der Waals surface area contributed by atoms with Gasteiger partial charge >= 0.3 is 12.1 Å². The summed E-state index contributed by atoms with van der Waals surface area (Å²) >= 11 is 1.34. The molecule has 5 rings (SSSR count). The van der Waals surface area contributed by atoms with Crippen molar-refractivity contribution in [2.24, 2.45) is 0 Å². The lowest BCUT2D eigenvalue weighted by molar-refractivity contribution is -0.148. The lowest BCUT2D eigenvalue weighted by Gasteiger charge is -2.35. The fourth-order valence-corrected chi connectivity index (χ4v) is 5.83. The number of carbonyl (C=O) groups is 2. The van der Waals surface area contributed by atoms with E-state index < -0.39 is 23.6 Å². The number of nitrogens with one attached hydrogen (secondary N) is 2. The number of hydrogen-bond acceptors (Lipinski definition) is 9. The van der Waals surface area contributed by atoms with Crippen LogP contribution in [0.4, 0.5) is 24.8 Å². The third-order valence-electron chi connectivity index (χ3n) is 6.80. The van der Waals surface area contributed by atoms with Crippen molar-refractivity contribution in [2.75, 3.05) is 5.32 Å². The molecule has 206 valence electrons. The van der Waals surface area contributed by atoms with Crippen LogP contribution in [0.25, 0.3) is 10.4 Å². The Morgan fingerprint density at radius 1 is 1.18 bits per heavy atom. The highest BCUT2D eigenvalue weighted by molar-refractivity contribution is 7.15. The second kappa shape index (κ2) is 10.5. The minimum Gasteiger partial charge on any atom is -0.452 e. The SMILES string of the molecule is Cc1cc(Nc2nccc(C(F)(F)F)n2)cc(-c2cnc([C@]3(O)CC[C@@H](NC(=O)C4CCC(=O)O4)CC3)s2)c1. The topological polar surface area (TPSA) is 126 Å². The number of halogens is 3. The zero-order chi connectivity index (χ0) is 27.8. The molecule has 3 heterocycles. The predicted molar refractivity (Wildman–Crippen MR) is 136 cm³/mol. The number of aryl methyl sites for hydroxylation is 1. The van der Waals surface area contributed by atoms with Crippen molar-refractivity contribution in [3.8, 4) is 10.4 Å². The first kappa shape index (κ1) is 27.0. The maximum absolute atomic E-state index is 13.0. The normalized spacial score (nSPS) is 23.4. The van der Waals surface area contributed by atoms with Crippen LogP contribution in [0.2, 0.25) is 0 Å². The second-order valence-electron chi connectivity index (χ2n) is 9.84. The molecule has 39 heavy (non-hydrogen) atoms. The third-order valence-corrected chi connectivity index (χ3v) is 8.04. The fraction of sp³-hybridized carbons (Fsp3) is 0.423. The molecule has 0 spiro atoms. The number of alkyl halides is 3. The molecule has 0 radical (unpaired) electrons. The van der Waals surface area contributed by atoms with E-state index in [-0.39, 0.29) is 30.3 Å².